The summed E-state index contributed by atoms with van der Waals surface area (Å²) in [5.41, 5.74) is -0.0398. The fourth-order valence-corrected chi connectivity index (χ4v) is 3.25. The van der Waals surface area contributed by atoms with Crippen LogP contribution in [0, 0.1) is 0 Å². The summed E-state index contributed by atoms with van der Waals surface area (Å²) >= 11 is 3.44. The monoisotopic (exact) mass is 282 g/mol. The fourth-order valence-electron chi connectivity index (χ4n) is 1.60. The van der Waals surface area contributed by atoms with E-state index in [0.717, 1.165) is 18.0 Å². The topological polar surface area (TPSA) is 45.1 Å². The second-order valence-electron chi connectivity index (χ2n) is 4.82. The molecule has 2 aromatic heterocycles. The van der Waals surface area contributed by atoms with E-state index in [1.54, 1.807) is 22.7 Å². The minimum Gasteiger partial charge on any atom is -0.396 e. The molecule has 0 fully saturated rings. The van der Waals surface area contributed by atoms with Crippen LogP contribution in [0.3, 0.4) is 0 Å². The lowest BCUT2D eigenvalue weighted by Gasteiger charge is -2.24. The Labute approximate surface area is 116 Å². The molecule has 98 valence electrons. The predicted molar refractivity (Wildman–Crippen MR) is 78.0 cm³/mol. The van der Waals surface area contributed by atoms with Gasteiger partial charge in [0.25, 0.3) is 0 Å². The average molecular weight is 282 g/mol. The Balaban J connectivity index is 1.95. The molecule has 0 radical (unpaired) electrons. The van der Waals surface area contributed by atoms with Crippen molar-refractivity contribution >= 4 is 22.7 Å². The third-order valence-corrected chi connectivity index (χ3v) is 4.80. The van der Waals surface area contributed by atoms with E-state index in [0.29, 0.717) is 0 Å². The van der Waals surface area contributed by atoms with Crippen LogP contribution in [0.4, 0.5) is 0 Å². The van der Waals surface area contributed by atoms with Gasteiger partial charge in [0.05, 0.1) is 4.88 Å². The first-order chi connectivity index (χ1) is 8.61. The highest BCUT2D eigenvalue weighted by atomic mass is 32.1. The molecule has 5 heteroatoms. The predicted octanol–water partition coefficient (Wildman–Crippen LogP) is 3.12. The second kappa shape index (κ2) is 5.93. The van der Waals surface area contributed by atoms with Crippen molar-refractivity contribution < 1.29 is 5.11 Å². The standard InChI is InChI=1S/C13H18N2OS2/c1-13(2,5-6-16)15-9-10-8-14-12(18-10)11-4-3-7-17-11/h3-4,7-8,15-16H,5-6,9H2,1-2H3. The number of hydrogen-bond donors (Lipinski definition) is 2. The largest absolute Gasteiger partial charge is 0.396 e. The van der Waals surface area contributed by atoms with Gasteiger partial charge >= 0.3 is 0 Å². The van der Waals surface area contributed by atoms with Gasteiger partial charge in [-0.1, -0.05) is 6.07 Å². The average Bonchev–Trinajstić information content (AvgIpc) is 2.97. The molecule has 0 saturated heterocycles. The quantitative estimate of drug-likeness (QED) is 0.855. The van der Waals surface area contributed by atoms with Crippen molar-refractivity contribution in [3.63, 3.8) is 0 Å². The molecule has 2 N–H and O–H groups in total. The van der Waals surface area contributed by atoms with E-state index in [2.05, 4.69) is 35.6 Å². The molecule has 0 unspecified atom stereocenters. The van der Waals surface area contributed by atoms with Crippen LogP contribution in [0.15, 0.2) is 23.7 Å². The molecule has 0 aliphatic carbocycles. The number of aliphatic hydroxyl groups excluding tert-OH is 1. The lowest BCUT2D eigenvalue weighted by atomic mass is 10.0. The van der Waals surface area contributed by atoms with Gasteiger partial charge in [-0.15, -0.1) is 22.7 Å². The Morgan fingerprint density at radius 2 is 2.28 bits per heavy atom. The highest BCUT2D eigenvalue weighted by molar-refractivity contribution is 7.20. The number of aliphatic hydroxyl groups is 1. The van der Waals surface area contributed by atoms with Crippen LogP contribution >= 0.6 is 22.7 Å². The SMILES string of the molecule is CC(C)(CCO)NCc1cnc(-c2cccs2)s1. The first-order valence-electron chi connectivity index (χ1n) is 5.95. The summed E-state index contributed by atoms with van der Waals surface area (Å²) < 4.78 is 0. The maximum atomic E-state index is 8.98. The summed E-state index contributed by atoms with van der Waals surface area (Å²) in [6.07, 6.45) is 2.69. The van der Waals surface area contributed by atoms with E-state index in [-0.39, 0.29) is 12.1 Å². The molecule has 0 atom stereocenters. The smallest absolute Gasteiger partial charge is 0.133 e. The molecular formula is C13H18N2OS2. The first kappa shape index (κ1) is 13.7. The van der Waals surface area contributed by atoms with Crippen LogP contribution in [-0.2, 0) is 6.54 Å². The molecule has 0 spiro atoms. The Hall–Kier alpha value is -0.750. The molecule has 0 aromatic carbocycles. The van der Waals surface area contributed by atoms with Crippen molar-refractivity contribution in [3.05, 3.63) is 28.6 Å². The molecule has 18 heavy (non-hydrogen) atoms. The molecule has 0 aliphatic rings. The molecule has 0 bridgehead atoms. The lowest BCUT2D eigenvalue weighted by molar-refractivity contribution is 0.230. The molecule has 0 aliphatic heterocycles. The number of aromatic nitrogens is 1. The van der Waals surface area contributed by atoms with Crippen LogP contribution in [0.25, 0.3) is 9.88 Å². The van der Waals surface area contributed by atoms with Gasteiger partial charge < -0.3 is 10.4 Å². The van der Waals surface area contributed by atoms with Gasteiger partial charge in [-0.25, -0.2) is 4.98 Å². The van der Waals surface area contributed by atoms with Crippen molar-refractivity contribution in [2.24, 2.45) is 0 Å². The zero-order valence-electron chi connectivity index (χ0n) is 10.6. The molecule has 3 nitrogen and oxygen atoms in total. The summed E-state index contributed by atoms with van der Waals surface area (Å²) in [6, 6.07) is 4.14. The summed E-state index contributed by atoms with van der Waals surface area (Å²) in [6.45, 7) is 5.22. The number of thiazole rings is 1. The Morgan fingerprint density at radius 3 is 2.94 bits per heavy atom. The van der Waals surface area contributed by atoms with E-state index in [1.807, 2.05) is 12.3 Å². The second-order valence-corrected chi connectivity index (χ2v) is 6.88. The van der Waals surface area contributed by atoms with E-state index in [4.69, 9.17) is 5.11 Å². The third kappa shape index (κ3) is 3.62. The van der Waals surface area contributed by atoms with Crippen LogP contribution in [0.2, 0.25) is 0 Å². The van der Waals surface area contributed by atoms with Crippen LogP contribution < -0.4 is 5.32 Å². The maximum Gasteiger partial charge on any atom is 0.133 e. The Kier molecular flexibility index (Phi) is 4.50. The van der Waals surface area contributed by atoms with Gasteiger partial charge in [0, 0.05) is 29.8 Å². The third-order valence-electron chi connectivity index (χ3n) is 2.76. The molecule has 2 rings (SSSR count). The highest BCUT2D eigenvalue weighted by Gasteiger charge is 2.16. The number of rotatable bonds is 6. The van der Waals surface area contributed by atoms with Crippen molar-refractivity contribution in [1.29, 1.82) is 0 Å². The van der Waals surface area contributed by atoms with Gasteiger partial charge in [0.15, 0.2) is 0 Å². The Morgan fingerprint density at radius 1 is 1.44 bits per heavy atom. The number of hydrogen-bond acceptors (Lipinski definition) is 5. The summed E-state index contributed by atoms with van der Waals surface area (Å²) in [5.74, 6) is 0. The first-order valence-corrected chi connectivity index (χ1v) is 7.65. The molecule has 0 amide bonds. The molecule has 2 heterocycles. The van der Waals surface area contributed by atoms with Crippen LogP contribution in [-0.4, -0.2) is 22.2 Å². The summed E-state index contributed by atoms with van der Waals surface area (Å²) in [7, 11) is 0. The van der Waals surface area contributed by atoms with Gasteiger partial charge in [-0.05, 0) is 31.7 Å². The normalized spacial score (nSPS) is 11.9. The van der Waals surface area contributed by atoms with Crippen molar-refractivity contribution in [1.82, 2.24) is 10.3 Å². The zero-order valence-corrected chi connectivity index (χ0v) is 12.3. The van der Waals surface area contributed by atoms with Crippen molar-refractivity contribution in [2.75, 3.05) is 6.61 Å². The zero-order chi connectivity index (χ0) is 13.0. The number of nitrogens with one attached hydrogen (secondary N) is 1. The number of thiophene rings is 1. The van der Waals surface area contributed by atoms with Crippen LogP contribution in [0.1, 0.15) is 25.1 Å². The number of nitrogens with zero attached hydrogens (tertiary/aromatic N) is 1. The van der Waals surface area contributed by atoms with Gasteiger partial charge in [-0.3, -0.25) is 0 Å². The molecular weight excluding hydrogens is 264 g/mol. The van der Waals surface area contributed by atoms with Crippen LogP contribution in [0.5, 0.6) is 0 Å². The molecule has 2 aromatic rings. The van der Waals surface area contributed by atoms with E-state index in [1.165, 1.54) is 9.75 Å². The minimum absolute atomic E-state index is 0.0398. The minimum atomic E-state index is -0.0398. The Bertz CT molecular complexity index is 477. The summed E-state index contributed by atoms with van der Waals surface area (Å²) in [5, 5.41) is 15.6. The van der Waals surface area contributed by atoms with E-state index in [9.17, 15) is 0 Å². The van der Waals surface area contributed by atoms with E-state index < -0.39 is 0 Å². The highest BCUT2D eigenvalue weighted by Crippen LogP contribution is 2.29. The van der Waals surface area contributed by atoms with Crippen molar-refractivity contribution in [2.45, 2.75) is 32.4 Å². The fraction of sp³-hybridized carbons (Fsp3) is 0.462. The van der Waals surface area contributed by atoms with Crippen molar-refractivity contribution in [3.8, 4) is 9.88 Å². The van der Waals surface area contributed by atoms with Gasteiger partial charge in [0.1, 0.15) is 5.01 Å². The lowest BCUT2D eigenvalue weighted by Crippen LogP contribution is -2.39. The van der Waals surface area contributed by atoms with Gasteiger partial charge in [0.2, 0.25) is 0 Å². The van der Waals surface area contributed by atoms with Gasteiger partial charge in [-0.2, -0.15) is 0 Å². The van der Waals surface area contributed by atoms with E-state index >= 15 is 0 Å². The summed E-state index contributed by atoms with van der Waals surface area (Å²) in [4.78, 5) is 6.89. The maximum absolute atomic E-state index is 8.98. The molecule has 0 saturated carbocycles.